The van der Waals surface area contributed by atoms with Gasteiger partial charge in [-0.05, 0) is 70.8 Å². The van der Waals surface area contributed by atoms with Gasteiger partial charge in [0.2, 0.25) is 5.91 Å². The second-order valence-electron chi connectivity index (χ2n) is 15.1. The van der Waals surface area contributed by atoms with Crippen LogP contribution in [0, 0.1) is 0 Å². The molecule has 1 aliphatic heterocycles. The summed E-state index contributed by atoms with van der Waals surface area (Å²) in [5.74, 6) is 1.00. The fourth-order valence-electron chi connectivity index (χ4n) is 7.37. The highest BCUT2D eigenvalue weighted by Gasteiger charge is 2.38. The first-order valence-electron chi connectivity index (χ1n) is 20.9. The van der Waals surface area contributed by atoms with E-state index in [1.807, 2.05) is 66.7 Å². The molecule has 0 spiro atoms. The number of benzene rings is 6. The van der Waals surface area contributed by atoms with Gasteiger partial charge in [-0.3, -0.25) is 4.79 Å². The van der Waals surface area contributed by atoms with E-state index in [4.69, 9.17) is 37.9 Å². The molecule has 6 aromatic rings. The van der Waals surface area contributed by atoms with E-state index in [1.165, 1.54) is 14.0 Å². The molecule has 0 fully saturated rings. The molecule has 0 radical (unpaired) electrons. The molecule has 6 aromatic carbocycles. The number of fused-ring (bicyclic) bond motifs is 8. The Balaban J connectivity index is 1.09. The molecule has 2 N–H and O–H groups in total. The second kappa shape index (κ2) is 21.3. The van der Waals surface area contributed by atoms with Gasteiger partial charge in [-0.1, -0.05) is 97.1 Å². The SMILES string of the molecule is COC(=O)[C@H](C)NC(=O)[C@](C)(Cc1ccc2c(c1)OCCOCCOc1ccc3ccccc3c1-c1c(ccc3ccccc13)OCCOCCO2)NC(=O)OCc1ccccc1. The number of alkyl carbamates (subject to hydrolysis) is 1. The Bertz CT molecular complexity index is 2510. The maximum atomic E-state index is 13.8. The number of ether oxygens (including phenoxy) is 8. The van der Waals surface area contributed by atoms with Crippen LogP contribution in [0.15, 0.2) is 121 Å². The van der Waals surface area contributed by atoms with Gasteiger partial charge in [0.15, 0.2) is 11.5 Å². The highest BCUT2D eigenvalue weighted by Crippen LogP contribution is 2.45. The molecule has 2 amide bonds. The summed E-state index contributed by atoms with van der Waals surface area (Å²) in [6, 6.07) is 38.0. The van der Waals surface area contributed by atoms with Gasteiger partial charge < -0.3 is 48.5 Å². The summed E-state index contributed by atoms with van der Waals surface area (Å²) in [5.41, 5.74) is 1.71. The van der Waals surface area contributed by atoms with Crippen LogP contribution in [-0.2, 0) is 41.6 Å². The van der Waals surface area contributed by atoms with Crippen molar-refractivity contribution in [3.63, 3.8) is 0 Å². The van der Waals surface area contributed by atoms with Crippen molar-refractivity contribution in [2.75, 3.05) is 60.0 Å². The van der Waals surface area contributed by atoms with Crippen LogP contribution in [0.4, 0.5) is 4.79 Å². The number of hydrogen-bond donors (Lipinski definition) is 2. The Hall–Kier alpha value is -6.83. The van der Waals surface area contributed by atoms with Crippen molar-refractivity contribution in [2.45, 2.75) is 38.5 Å². The fraction of sp³-hybridized carbons (Fsp3) is 0.300. The van der Waals surface area contributed by atoms with Crippen molar-refractivity contribution in [3.05, 3.63) is 132 Å². The van der Waals surface area contributed by atoms with E-state index in [0.717, 1.165) is 38.2 Å². The molecule has 0 saturated carbocycles. The monoisotopic (exact) mass is 856 g/mol. The molecule has 0 bridgehead atoms. The minimum Gasteiger partial charge on any atom is -0.491 e. The maximum Gasteiger partial charge on any atom is 0.408 e. The van der Waals surface area contributed by atoms with Crippen LogP contribution in [0.25, 0.3) is 32.7 Å². The minimum atomic E-state index is -1.57. The molecule has 1 aliphatic rings. The normalized spacial score (nSPS) is 15.2. The molecule has 13 nitrogen and oxygen atoms in total. The maximum absolute atomic E-state index is 13.8. The number of carbonyl (C=O) groups is 3. The first-order chi connectivity index (χ1) is 30.7. The lowest BCUT2D eigenvalue weighted by Gasteiger charge is -2.30. The summed E-state index contributed by atoms with van der Waals surface area (Å²) >= 11 is 0. The van der Waals surface area contributed by atoms with Crippen LogP contribution in [0.1, 0.15) is 25.0 Å². The Labute approximate surface area is 366 Å². The quantitative estimate of drug-likeness (QED) is 0.144. The van der Waals surface area contributed by atoms with Gasteiger partial charge in [-0.25, -0.2) is 9.59 Å². The van der Waals surface area contributed by atoms with Crippen LogP contribution < -0.4 is 29.6 Å². The van der Waals surface area contributed by atoms with E-state index in [0.29, 0.717) is 48.4 Å². The largest absolute Gasteiger partial charge is 0.491 e. The van der Waals surface area contributed by atoms with E-state index in [1.54, 1.807) is 25.1 Å². The summed E-state index contributed by atoms with van der Waals surface area (Å²) in [5, 5.41) is 9.61. The number of rotatable bonds is 8. The summed E-state index contributed by atoms with van der Waals surface area (Å²) in [4.78, 5) is 39.2. The molecule has 7 rings (SSSR count). The van der Waals surface area contributed by atoms with Gasteiger partial charge in [0.25, 0.3) is 0 Å². The van der Waals surface area contributed by atoms with Gasteiger partial charge in [0, 0.05) is 17.5 Å². The lowest BCUT2D eigenvalue weighted by atomic mass is 9.91. The zero-order valence-corrected chi connectivity index (χ0v) is 35.7. The van der Waals surface area contributed by atoms with Crippen LogP contribution in [-0.4, -0.2) is 89.5 Å². The molecule has 1 heterocycles. The third kappa shape index (κ3) is 11.4. The second-order valence-corrected chi connectivity index (χ2v) is 15.1. The van der Waals surface area contributed by atoms with E-state index in [9.17, 15) is 14.4 Å². The van der Waals surface area contributed by atoms with Crippen molar-refractivity contribution >= 4 is 39.5 Å². The van der Waals surface area contributed by atoms with E-state index in [-0.39, 0.29) is 46.1 Å². The Kier molecular flexibility index (Phi) is 15.0. The number of amides is 2. The van der Waals surface area contributed by atoms with Crippen molar-refractivity contribution in [2.24, 2.45) is 0 Å². The average Bonchev–Trinajstić information content (AvgIpc) is 3.30. The Morgan fingerprint density at radius 1 is 0.603 bits per heavy atom. The van der Waals surface area contributed by atoms with Gasteiger partial charge in [-0.2, -0.15) is 0 Å². The predicted octanol–water partition coefficient (Wildman–Crippen LogP) is 7.83. The minimum absolute atomic E-state index is 0.00354. The molecule has 2 atom stereocenters. The zero-order chi connectivity index (χ0) is 44.0. The van der Waals surface area contributed by atoms with E-state index in [2.05, 4.69) is 47.0 Å². The first-order valence-corrected chi connectivity index (χ1v) is 20.9. The Morgan fingerprint density at radius 2 is 1.11 bits per heavy atom. The lowest BCUT2D eigenvalue weighted by molar-refractivity contribution is -0.145. The van der Waals surface area contributed by atoms with Gasteiger partial charge in [0.05, 0.1) is 33.5 Å². The standard InChI is InChI=1S/C50H52N2O11/c1-34(47(53)56-3)51-48(54)50(2,52-49(55)63-33-35-11-5-4-6-12-35)32-36-17-20-41-44(31-36)62-30-26-58-25-29-61-43-22-19-38-14-8-10-16-40(38)46(43)45-39-15-9-7-13-37(39)18-21-42(45)60-28-24-57-23-27-59-41/h4-22,31,34H,23-30,32-33H2,1-3H3,(H,51,54)(H,52,55)/t34-,50-/m0/s1. The number of esters is 1. The molecule has 13 heteroatoms. The Morgan fingerprint density at radius 3 is 1.68 bits per heavy atom. The molecule has 63 heavy (non-hydrogen) atoms. The highest BCUT2D eigenvalue weighted by atomic mass is 16.6. The third-order valence-corrected chi connectivity index (χ3v) is 10.5. The summed E-state index contributed by atoms with van der Waals surface area (Å²) in [6.07, 6.45) is -0.818. The number of carbonyl (C=O) groups excluding carboxylic acids is 3. The molecule has 0 aromatic heterocycles. The molecule has 0 saturated heterocycles. The number of methoxy groups -OCH3 is 1. The molecular formula is C50H52N2O11. The fourth-order valence-corrected chi connectivity index (χ4v) is 7.37. The third-order valence-electron chi connectivity index (χ3n) is 10.5. The van der Waals surface area contributed by atoms with E-state index >= 15 is 0 Å². The van der Waals surface area contributed by atoms with Crippen molar-refractivity contribution in [1.82, 2.24) is 10.6 Å². The molecule has 328 valence electrons. The van der Waals surface area contributed by atoms with Crippen molar-refractivity contribution in [3.8, 4) is 34.1 Å². The molecular weight excluding hydrogens is 805 g/mol. The van der Waals surface area contributed by atoms with Crippen LogP contribution in [0.2, 0.25) is 0 Å². The number of hydrogen-bond acceptors (Lipinski definition) is 11. The van der Waals surface area contributed by atoms with Gasteiger partial charge in [-0.15, -0.1) is 0 Å². The van der Waals surface area contributed by atoms with Crippen LogP contribution >= 0.6 is 0 Å². The smallest absolute Gasteiger partial charge is 0.408 e. The average molecular weight is 857 g/mol. The van der Waals surface area contributed by atoms with Crippen LogP contribution in [0.5, 0.6) is 23.0 Å². The summed E-state index contributed by atoms with van der Waals surface area (Å²) in [7, 11) is 1.23. The number of nitrogens with one attached hydrogen (secondary N) is 2. The van der Waals surface area contributed by atoms with E-state index < -0.39 is 29.6 Å². The first kappa shape index (κ1) is 44.2. The van der Waals surface area contributed by atoms with Crippen molar-refractivity contribution in [1.29, 1.82) is 0 Å². The zero-order valence-electron chi connectivity index (χ0n) is 35.7. The summed E-state index contributed by atoms with van der Waals surface area (Å²) in [6.45, 7) is 5.11. The molecule has 0 aliphatic carbocycles. The highest BCUT2D eigenvalue weighted by molar-refractivity contribution is 6.09. The summed E-state index contributed by atoms with van der Waals surface area (Å²) < 4.78 is 47.5. The van der Waals surface area contributed by atoms with Crippen LogP contribution in [0.3, 0.4) is 0 Å². The molecule has 0 unspecified atom stereocenters. The topological polar surface area (TPSA) is 149 Å². The van der Waals surface area contributed by atoms with Crippen molar-refractivity contribution < 1.29 is 52.3 Å². The predicted molar refractivity (Wildman–Crippen MR) is 238 cm³/mol. The van der Waals surface area contributed by atoms with Gasteiger partial charge >= 0.3 is 12.1 Å². The lowest BCUT2D eigenvalue weighted by Crippen LogP contribution is -2.60. The van der Waals surface area contributed by atoms with Gasteiger partial charge in [0.1, 0.15) is 56.1 Å².